The molecule has 0 aromatic carbocycles. The van der Waals surface area contributed by atoms with Gasteiger partial charge in [0.25, 0.3) is 0 Å². The van der Waals surface area contributed by atoms with Gasteiger partial charge in [0.2, 0.25) is 0 Å². The molecule has 0 aliphatic rings. The van der Waals surface area contributed by atoms with E-state index in [2.05, 4.69) is 0 Å². The lowest BCUT2D eigenvalue weighted by Gasteiger charge is -1.63. The summed E-state index contributed by atoms with van der Waals surface area (Å²) in [6, 6.07) is 1.75. The molecule has 4 nitrogen and oxygen atoms in total. The largest absolute Gasteiger partial charge is 0.265 e. The summed E-state index contributed by atoms with van der Waals surface area (Å²) in [7, 11) is 0.889. The van der Waals surface area contributed by atoms with Crippen molar-refractivity contribution in [3.63, 3.8) is 0 Å². The van der Waals surface area contributed by atoms with Crippen molar-refractivity contribution in [3.8, 4) is 6.07 Å². The highest BCUT2D eigenvalue weighted by Gasteiger charge is 1.57. The van der Waals surface area contributed by atoms with Crippen LogP contribution in [-0.4, -0.2) is 12.0 Å². The Labute approximate surface area is 41.5 Å². The van der Waals surface area contributed by atoms with Crippen LogP contribution in [0.4, 0.5) is 0 Å². The summed E-state index contributed by atoms with van der Waals surface area (Å²) >= 11 is 0. The predicted molar refractivity (Wildman–Crippen MR) is 24.2 cm³/mol. The van der Waals surface area contributed by atoms with E-state index in [1.165, 1.54) is 6.92 Å². The Bertz CT molecular complexity index is 79.4. The third-order valence-electron chi connectivity index (χ3n) is 0. The van der Waals surface area contributed by atoms with E-state index in [0.29, 0.717) is 0 Å². The first-order valence-electron chi connectivity index (χ1n) is 1.54. The van der Waals surface area contributed by atoms with Crippen LogP contribution < -0.4 is 0 Å². The number of hydrogen-bond acceptors (Lipinski definition) is 3. The Morgan fingerprint density at radius 2 is 1.86 bits per heavy atom. The van der Waals surface area contributed by atoms with Gasteiger partial charge >= 0.3 is 0 Å². The highest BCUT2D eigenvalue weighted by atomic mass is 16.6. The van der Waals surface area contributed by atoms with E-state index >= 15 is 0 Å². The van der Waals surface area contributed by atoms with E-state index in [0.717, 1.165) is 7.05 Å². The van der Waals surface area contributed by atoms with E-state index in [1.807, 2.05) is 0 Å². The molecule has 0 N–H and O–H groups in total. The Hall–Kier alpha value is -1.11. The van der Waals surface area contributed by atoms with Gasteiger partial charge in [-0.1, -0.05) is 0 Å². The van der Waals surface area contributed by atoms with Gasteiger partial charge in [0.1, 0.15) is 0 Å². The molecule has 0 aliphatic heterocycles. The zero-order valence-electron chi connectivity index (χ0n) is 4.21. The molecule has 0 unspecified atom stereocenters. The molecule has 0 heterocycles. The third-order valence-corrected chi connectivity index (χ3v) is 0. The molecule has 4 heteroatoms. The number of nitro groups is 1. The topological polar surface area (TPSA) is 66.9 Å². The maximum atomic E-state index is 8.81. The summed E-state index contributed by atoms with van der Waals surface area (Å²) < 4.78 is 0. The van der Waals surface area contributed by atoms with Gasteiger partial charge < -0.3 is 0 Å². The molecule has 7 heavy (non-hydrogen) atoms. The molecule has 0 atom stereocenters. The molecule has 0 saturated heterocycles. The lowest BCUT2D eigenvalue weighted by Crippen LogP contribution is -1.79. The quantitative estimate of drug-likeness (QED) is 0.329. The van der Waals surface area contributed by atoms with Crippen molar-refractivity contribution in [2.24, 2.45) is 0 Å². The number of nitrogens with zero attached hydrogens (tertiary/aromatic N) is 2. The van der Waals surface area contributed by atoms with Crippen molar-refractivity contribution in [1.82, 2.24) is 0 Å². The second-order valence-electron chi connectivity index (χ2n) is 0.663. The van der Waals surface area contributed by atoms with Gasteiger partial charge in [0.15, 0.2) is 7.05 Å². The maximum Gasteiger partial charge on any atom is 0.194 e. The molecule has 40 valence electrons. The normalized spacial score (nSPS) is 4.71. The third kappa shape index (κ3) is 33.1. The van der Waals surface area contributed by atoms with E-state index in [1.54, 1.807) is 6.07 Å². The van der Waals surface area contributed by atoms with E-state index < -0.39 is 4.92 Å². The summed E-state index contributed by atoms with van der Waals surface area (Å²) in [6.45, 7) is 1.43. The minimum Gasteiger partial charge on any atom is -0.265 e. The average Bonchev–Trinajstić information content (AvgIpc) is 1.33. The lowest BCUT2D eigenvalue weighted by molar-refractivity contribution is -0.445. The number of nitriles is 1. The first-order chi connectivity index (χ1) is 3.15. The summed E-state index contributed by atoms with van der Waals surface area (Å²) in [4.78, 5) is 8.31. The SMILES string of the molecule is CC#N.C[N+](=O)[O-]. The van der Waals surface area contributed by atoms with E-state index in [4.69, 9.17) is 15.4 Å². The highest BCUT2D eigenvalue weighted by Crippen LogP contribution is 1.39. The van der Waals surface area contributed by atoms with Crippen LogP contribution >= 0.6 is 0 Å². The maximum absolute atomic E-state index is 8.81. The molecule has 0 fully saturated rings. The molecule has 0 aromatic heterocycles. The second kappa shape index (κ2) is 8.86. The van der Waals surface area contributed by atoms with Crippen LogP contribution in [-0.2, 0) is 0 Å². The standard InChI is InChI=1S/C2H3N.CH3NO2/c1-2-3;1-2(3)4/h1H3;1H3. The molecule has 0 radical (unpaired) electrons. The summed E-state index contributed by atoms with van der Waals surface area (Å²) in [5.74, 6) is 0. The summed E-state index contributed by atoms with van der Waals surface area (Å²) in [5.41, 5.74) is 0. The van der Waals surface area contributed by atoms with Crippen molar-refractivity contribution in [3.05, 3.63) is 10.1 Å². The van der Waals surface area contributed by atoms with Gasteiger partial charge in [-0.25, -0.2) is 0 Å². The predicted octanol–water partition coefficient (Wildman–Crippen LogP) is 0.423. The monoisotopic (exact) mass is 102 g/mol. The molecule has 0 rings (SSSR count). The first kappa shape index (κ1) is 9.31. The van der Waals surface area contributed by atoms with Gasteiger partial charge in [-0.2, -0.15) is 5.26 Å². The summed E-state index contributed by atoms with van der Waals surface area (Å²) in [6.07, 6.45) is 0. The number of rotatable bonds is 0. The Morgan fingerprint density at radius 1 is 1.86 bits per heavy atom. The fourth-order valence-electron chi connectivity index (χ4n) is 0. The van der Waals surface area contributed by atoms with Crippen molar-refractivity contribution >= 4 is 0 Å². The number of hydrogen-bond donors (Lipinski definition) is 0. The second-order valence-corrected chi connectivity index (χ2v) is 0.663. The Kier molecular flexibility index (Phi) is 11.8. The van der Waals surface area contributed by atoms with E-state index in [-0.39, 0.29) is 0 Å². The molecular formula is C3H6N2O2. The first-order valence-corrected chi connectivity index (χ1v) is 1.54. The highest BCUT2D eigenvalue weighted by molar-refractivity contribution is 4.51. The zero-order valence-corrected chi connectivity index (χ0v) is 4.21. The summed E-state index contributed by atoms with van der Waals surface area (Å²) in [5, 5.41) is 16.1. The average molecular weight is 102 g/mol. The molecule has 0 bridgehead atoms. The van der Waals surface area contributed by atoms with Crippen molar-refractivity contribution in [2.45, 2.75) is 6.92 Å². The van der Waals surface area contributed by atoms with Crippen LogP contribution in [0.25, 0.3) is 0 Å². The van der Waals surface area contributed by atoms with Crippen LogP contribution in [0.5, 0.6) is 0 Å². The lowest BCUT2D eigenvalue weighted by atomic mass is 11.0. The Balaban J connectivity index is 0. The van der Waals surface area contributed by atoms with Gasteiger partial charge in [-0.15, -0.1) is 0 Å². The minimum atomic E-state index is -0.500. The smallest absolute Gasteiger partial charge is 0.194 e. The Morgan fingerprint density at radius 3 is 1.86 bits per heavy atom. The molecule has 0 aliphatic carbocycles. The van der Waals surface area contributed by atoms with Crippen molar-refractivity contribution in [1.29, 1.82) is 5.26 Å². The van der Waals surface area contributed by atoms with Gasteiger partial charge in [0.05, 0.1) is 6.07 Å². The van der Waals surface area contributed by atoms with Gasteiger partial charge in [-0.3, -0.25) is 10.1 Å². The fourth-order valence-corrected chi connectivity index (χ4v) is 0. The zero-order chi connectivity index (χ0) is 6.28. The van der Waals surface area contributed by atoms with Crippen LogP contribution in [0.15, 0.2) is 0 Å². The van der Waals surface area contributed by atoms with E-state index in [9.17, 15) is 0 Å². The van der Waals surface area contributed by atoms with Crippen molar-refractivity contribution in [2.75, 3.05) is 7.05 Å². The molecule has 0 amide bonds. The fraction of sp³-hybridized carbons (Fsp3) is 0.667. The van der Waals surface area contributed by atoms with Crippen LogP contribution in [0.3, 0.4) is 0 Å². The molecule has 0 aromatic rings. The molecule has 0 spiro atoms. The molecule has 0 saturated carbocycles. The van der Waals surface area contributed by atoms with Crippen molar-refractivity contribution < 1.29 is 4.92 Å². The van der Waals surface area contributed by atoms with Crippen LogP contribution in [0.1, 0.15) is 6.92 Å². The van der Waals surface area contributed by atoms with Crippen LogP contribution in [0.2, 0.25) is 0 Å². The van der Waals surface area contributed by atoms with Crippen LogP contribution in [0, 0.1) is 21.4 Å². The molecular weight excluding hydrogens is 96.0 g/mol. The van der Waals surface area contributed by atoms with Gasteiger partial charge in [0, 0.05) is 11.8 Å². The van der Waals surface area contributed by atoms with Gasteiger partial charge in [-0.05, 0) is 0 Å². The minimum absolute atomic E-state index is 0.500.